The third-order valence-corrected chi connectivity index (χ3v) is 2.68. The van der Waals surface area contributed by atoms with Crippen molar-refractivity contribution in [3.63, 3.8) is 0 Å². The van der Waals surface area contributed by atoms with Crippen LogP contribution in [-0.2, 0) is 0 Å². The maximum atomic E-state index is 9.40. The first-order chi connectivity index (χ1) is 7.42. The second kappa shape index (κ2) is 5.40. The van der Waals surface area contributed by atoms with Crippen molar-refractivity contribution in [2.45, 2.75) is 6.10 Å². The number of hydrogen-bond acceptors (Lipinski definition) is 2. The molecule has 1 aromatic rings. The largest absolute Gasteiger partial charge is 0.393 e. The minimum atomic E-state index is -0.804. The molecule has 0 aliphatic carbocycles. The molecule has 0 bridgehead atoms. The van der Waals surface area contributed by atoms with Gasteiger partial charge in [0.25, 0.3) is 0 Å². The molecule has 1 aromatic carbocycles. The molecule has 0 aromatic heterocycles. The highest BCUT2D eigenvalue weighted by atomic mass is 32.3. The van der Waals surface area contributed by atoms with Crippen molar-refractivity contribution in [1.29, 1.82) is 0 Å². The number of hydrogen-bond donors (Lipinski definition) is 2. The molecule has 0 heterocycles. The van der Waals surface area contributed by atoms with E-state index in [1.807, 2.05) is 12.1 Å². The first-order valence-electron chi connectivity index (χ1n) is 5.02. The lowest BCUT2D eigenvalue weighted by atomic mass is 10.1. The van der Waals surface area contributed by atoms with Crippen LogP contribution in [0.5, 0.6) is 0 Å². The average molecular weight is 238 g/mol. The molecule has 0 radical (unpaired) electrons. The highest BCUT2D eigenvalue weighted by Gasteiger charge is 2.04. The van der Waals surface area contributed by atoms with E-state index in [-0.39, 0.29) is 6.61 Å². The summed E-state index contributed by atoms with van der Waals surface area (Å²) in [5.74, 6) is 3.11. The molecule has 88 valence electrons. The zero-order chi connectivity index (χ0) is 12.2. The molecule has 0 amide bonds. The van der Waals surface area contributed by atoms with Crippen LogP contribution >= 0.6 is 10.0 Å². The van der Waals surface area contributed by atoms with Gasteiger partial charge in [-0.25, -0.2) is 0 Å². The van der Waals surface area contributed by atoms with Gasteiger partial charge in [0.05, 0.1) is 6.61 Å². The summed E-state index contributed by atoms with van der Waals surface area (Å²) in [5, 5.41) is 21.4. The summed E-state index contributed by atoms with van der Waals surface area (Å²) >= 11 is 0. The highest BCUT2D eigenvalue weighted by Crippen LogP contribution is 2.32. The van der Waals surface area contributed by atoms with E-state index in [0.717, 1.165) is 11.1 Å². The van der Waals surface area contributed by atoms with Gasteiger partial charge in [-0.15, -0.1) is 0 Å². The van der Waals surface area contributed by atoms with Gasteiger partial charge >= 0.3 is 0 Å². The Hall–Kier alpha value is -0.950. The second-order valence-electron chi connectivity index (χ2n) is 4.38. The Morgan fingerprint density at radius 2 is 1.75 bits per heavy atom. The monoisotopic (exact) mass is 238 g/mol. The molecule has 0 aliphatic heterocycles. The van der Waals surface area contributed by atoms with E-state index in [1.54, 1.807) is 12.1 Å². The van der Waals surface area contributed by atoms with Crippen LogP contribution in [0.3, 0.4) is 0 Å². The molecule has 2 nitrogen and oxygen atoms in total. The van der Waals surface area contributed by atoms with Crippen molar-refractivity contribution in [2.24, 2.45) is 0 Å². The SMILES string of the molecule is CS(C)(C)C#Cc1ccc([C@H](O)CO)cc1. The minimum absolute atomic E-state index is 0.253. The molecule has 1 atom stereocenters. The average Bonchev–Trinajstić information content (AvgIpc) is 2.25. The van der Waals surface area contributed by atoms with E-state index in [2.05, 4.69) is 29.9 Å². The molecule has 0 unspecified atom stereocenters. The zero-order valence-electron chi connectivity index (χ0n) is 9.90. The Labute approximate surface area is 98.6 Å². The van der Waals surface area contributed by atoms with E-state index >= 15 is 0 Å². The van der Waals surface area contributed by atoms with Crippen molar-refractivity contribution in [3.05, 3.63) is 35.4 Å². The van der Waals surface area contributed by atoms with E-state index in [0.29, 0.717) is 0 Å². The van der Waals surface area contributed by atoms with Gasteiger partial charge in [-0.2, -0.15) is 10.0 Å². The summed E-state index contributed by atoms with van der Waals surface area (Å²) in [6, 6.07) is 7.32. The van der Waals surface area contributed by atoms with Crippen molar-refractivity contribution in [2.75, 3.05) is 25.4 Å². The molecule has 0 saturated heterocycles. The molecule has 0 spiro atoms. The van der Waals surface area contributed by atoms with Gasteiger partial charge in [-0.05, 0) is 41.7 Å². The van der Waals surface area contributed by atoms with Gasteiger partial charge in [0.1, 0.15) is 6.10 Å². The summed E-state index contributed by atoms with van der Waals surface area (Å²) in [6.07, 6.45) is 5.63. The van der Waals surface area contributed by atoms with Crippen LogP contribution in [0.2, 0.25) is 0 Å². The molecule has 2 N–H and O–H groups in total. The molecule has 16 heavy (non-hydrogen) atoms. The fourth-order valence-corrected chi connectivity index (χ4v) is 1.53. The quantitative estimate of drug-likeness (QED) is 0.770. The minimum Gasteiger partial charge on any atom is -0.393 e. The molecule has 1 rings (SSSR count). The number of rotatable bonds is 2. The fraction of sp³-hybridized carbons (Fsp3) is 0.385. The summed E-state index contributed by atoms with van der Waals surface area (Å²) in [7, 11) is -0.804. The van der Waals surface area contributed by atoms with Crippen LogP contribution in [0, 0.1) is 11.2 Å². The molecule has 0 fully saturated rings. The third kappa shape index (κ3) is 4.28. The first kappa shape index (κ1) is 13.1. The standard InChI is InChI=1S/C13H18O2S/c1-16(2,3)9-8-11-4-6-12(7-5-11)13(15)10-14/h4-7,13-15H,10H2,1-3H3/t13-/m1/s1. The topological polar surface area (TPSA) is 40.5 Å². The summed E-state index contributed by atoms with van der Waals surface area (Å²) in [5.41, 5.74) is 1.66. The van der Waals surface area contributed by atoms with Crippen LogP contribution in [0.1, 0.15) is 17.2 Å². The molecule has 3 heteroatoms. The second-order valence-corrected chi connectivity index (χ2v) is 8.26. The Bertz CT molecular complexity index is 393. The number of aliphatic hydroxyl groups is 2. The van der Waals surface area contributed by atoms with Gasteiger partial charge in [-0.1, -0.05) is 18.1 Å². The van der Waals surface area contributed by atoms with Gasteiger partial charge in [0.2, 0.25) is 0 Å². The van der Waals surface area contributed by atoms with Crippen molar-refractivity contribution in [3.8, 4) is 11.2 Å². The van der Waals surface area contributed by atoms with Gasteiger partial charge in [0.15, 0.2) is 0 Å². The first-order valence-corrected chi connectivity index (χ1v) is 7.88. The van der Waals surface area contributed by atoms with Crippen LogP contribution in [0.4, 0.5) is 0 Å². The van der Waals surface area contributed by atoms with E-state index < -0.39 is 16.1 Å². The van der Waals surface area contributed by atoms with Crippen LogP contribution in [0.15, 0.2) is 24.3 Å². The van der Waals surface area contributed by atoms with Crippen LogP contribution in [-0.4, -0.2) is 35.6 Å². The molecule has 0 saturated carbocycles. The highest BCUT2D eigenvalue weighted by molar-refractivity contribution is 8.35. The number of aliphatic hydroxyl groups excluding tert-OH is 2. The molecular weight excluding hydrogens is 220 g/mol. The zero-order valence-corrected chi connectivity index (χ0v) is 10.7. The Balaban J connectivity index is 2.82. The maximum Gasteiger partial charge on any atom is 0.102 e. The fourth-order valence-electron chi connectivity index (χ4n) is 1.11. The Morgan fingerprint density at radius 1 is 1.19 bits per heavy atom. The lowest BCUT2D eigenvalue weighted by Crippen LogP contribution is -2.01. The third-order valence-electron chi connectivity index (χ3n) is 1.97. The van der Waals surface area contributed by atoms with Gasteiger partial charge < -0.3 is 10.2 Å². The van der Waals surface area contributed by atoms with E-state index in [9.17, 15) is 5.11 Å². The molecular formula is C13H18O2S. The van der Waals surface area contributed by atoms with E-state index in [1.165, 1.54) is 0 Å². The van der Waals surface area contributed by atoms with Gasteiger partial charge in [0, 0.05) is 5.56 Å². The smallest absolute Gasteiger partial charge is 0.102 e. The van der Waals surface area contributed by atoms with E-state index in [4.69, 9.17) is 5.11 Å². The van der Waals surface area contributed by atoms with Crippen LogP contribution < -0.4 is 0 Å². The predicted molar refractivity (Wildman–Crippen MR) is 70.7 cm³/mol. The maximum absolute atomic E-state index is 9.40. The van der Waals surface area contributed by atoms with Gasteiger partial charge in [-0.3, -0.25) is 0 Å². The van der Waals surface area contributed by atoms with Crippen molar-refractivity contribution < 1.29 is 10.2 Å². The Morgan fingerprint density at radius 3 is 2.19 bits per heavy atom. The summed E-state index contributed by atoms with van der Waals surface area (Å²) in [4.78, 5) is 0. The predicted octanol–water partition coefficient (Wildman–Crippen LogP) is 1.72. The summed E-state index contributed by atoms with van der Waals surface area (Å²) in [6.45, 7) is -0.253. The summed E-state index contributed by atoms with van der Waals surface area (Å²) < 4.78 is 0. The lowest BCUT2D eigenvalue weighted by molar-refractivity contribution is 0.0956. The van der Waals surface area contributed by atoms with Crippen LogP contribution in [0.25, 0.3) is 0 Å². The van der Waals surface area contributed by atoms with Crippen molar-refractivity contribution in [1.82, 2.24) is 0 Å². The Kier molecular flexibility index (Phi) is 4.43. The normalized spacial score (nSPS) is 13.8. The molecule has 0 aliphatic rings. The lowest BCUT2D eigenvalue weighted by Gasteiger charge is -2.14. The van der Waals surface area contributed by atoms with Crippen molar-refractivity contribution >= 4 is 10.0 Å². The number of benzene rings is 1.